The van der Waals surface area contributed by atoms with Gasteiger partial charge in [0.1, 0.15) is 5.82 Å². The maximum Gasteiger partial charge on any atom is 0.337 e. The normalized spacial score (nSPS) is 10.8. The number of aromatic nitrogens is 2. The minimum absolute atomic E-state index is 0.193. The summed E-state index contributed by atoms with van der Waals surface area (Å²) in [7, 11) is 0. The van der Waals surface area contributed by atoms with Gasteiger partial charge in [-0.05, 0) is 36.2 Å². The minimum Gasteiger partial charge on any atom is -0.478 e. The second-order valence-electron chi connectivity index (χ2n) is 7.54. The van der Waals surface area contributed by atoms with Crippen molar-refractivity contribution >= 4 is 17.5 Å². The lowest BCUT2D eigenvalue weighted by atomic mass is 10.1. The minimum atomic E-state index is -0.998. The topological polar surface area (TPSA) is 119 Å². The van der Waals surface area contributed by atoms with Gasteiger partial charge >= 0.3 is 5.97 Å². The SMILES string of the molecule is Cc1ccc(Nc2cc(-c3ccc(CN)cc3)nn2-c2ccccc2CN)c(C(=O)O)c1. The standard InChI is InChI=1S/C25H25N5O2/c1-16-6-11-21(20(12-16)25(31)32)28-24-13-22(18-9-7-17(14-26)8-10-18)29-30(24)23-5-3-2-4-19(23)15-27/h2-13,28H,14-15,26-27H2,1H3,(H,31,32). The number of para-hydroxylation sites is 1. The van der Waals surface area contributed by atoms with Gasteiger partial charge in [0.25, 0.3) is 0 Å². The lowest BCUT2D eigenvalue weighted by Crippen LogP contribution is -2.09. The Morgan fingerprint density at radius 1 is 1.00 bits per heavy atom. The molecule has 4 rings (SSSR count). The predicted octanol–water partition coefficient (Wildman–Crippen LogP) is 4.21. The van der Waals surface area contributed by atoms with E-state index in [1.165, 1.54) is 0 Å². The summed E-state index contributed by atoms with van der Waals surface area (Å²) >= 11 is 0. The largest absolute Gasteiger partial charge is 0.478 e. The number of aromatic carboxylic acids is 1. The number of carbonyl (C=O) groups is 1. The Bertz CT molecular complexity index is 1260. The average Bonchev–Trinajstić information content (AvgIpc) is 3.23. The van der Waals surface area contributed by atoms with Crippen LogP contribution in [-0.4, -0.2) is 20.9 Å². The van der Waals surface area contributed by atoms with Crippen LogP contribution >= 0.6 is 0 Å². The van der Waals surface area contributed by atoms with E-state index in [0.29, 0.717) is 24.6 Å². The monoisotopic (exact) mass is 427 g/mol. The van der Waals surface area contributed by atoms with E-state index in [-0.39, 0.29) is 5.56 Å². The summed E-state index contributed by atoms with van der Waals surface area (Å²) in [5, 5.41) is 17.8. The fourth-order valence-corrected chi connectivity index (χ4v) is 3.58. The van der Waals surface area contributed by atoms with Crippen molar-refractivity contribution in [2.45, 2.75) is 20.0 Å². The first-order chi connectivity index (χ1) is 15.5. The summed E-state index contributed by atoms with van der Waals surface area (Å²) in [6.07, 6.45) is 0. The summed E-state index contributed by atoms with van der Waals surface area (Å²) in [6.45, 7) is 2.68. The van der Waals surface area contributed by atoms with Crippen molar-refractivity contribution in [2.24, 2.45) is 11.5 Å². The molecular formula is C25H25N5O2. The molecule has 0 fully saturated rings. The average molecular weight is 428 g/mol. The van der Waals surface area contributed by atoms with Crippen LogP contribution in [0, 0.1) is 6.92 Å². The fraction of sp³-hybridized carbons (Fsp3) is 0.120. The molecule has 0 aliphatic heterocycles. The van der Waals surface area contributed by atoms with Gasteiger partial charge in [-0.25, -0.2) is 9.48 Å². The highest BCUT2D eigenvalue weighted by atomic mass is 16.4. The number of benzene rings is 3. The molecule has 0 unspecified atom stereocenters. The molecule has 0 saturated carbocycles. The Morgan fingerprint density at radius 2 is 1.75 bits per heavy atom. The van der Waals surface area contributed by atoms with Crippen LogP contribution in [0.25, 0.3) is 16.9 Å². The third-order valence-corrected chi connectivity index (χ3v) is 5.30. The molecule has 0 bridgehead atoms. The molecule has 0 aliphatic rings. The Kier molecular flexibility index (Phi) is 6.02. The van der Waals surface area contributed by atoms with Crippen molar-refractivity contribution in [2.75, 3.05) is 5.32 Å². The van der Waals surface area contributed by atoms with Gasteiger partial charge in [0.2, 0.25) is 0 Å². The van der Waals surface area contributed by atoms with Crippen molar-refractivity contribution in [3.05, 3.63) is 95.1 Å². The van der Waals surface area contributed by atoms with Crippen LogP contribution in [-0.2, 0) is 13.1 Å². The van der Waals surface area contributed by atoms with Crippen LogP contribution in [0.3, 0.4) is 0 Å². The maximum absolute atomic E-state index is 11.8. The van der Waals surface area contributed by atoms with Gasteiger partial charge in [-0.1, -0.05) is 54.1 Å². The Labute approximate surface area is 186 Å². The number of aryl methyl sites for hydroxylation is 1. The molecule has 162 valence electrons. The molecule has 1 heterocycles. The van der Waals surface area contributed by atoms with Gasteiger partial charge in [-0.3, -0.25) is 0 Å². The molecule has 0 spiro atoms. The second kappa shape index (κ2) is 9.05. The van der Waals surface area contributed by atoms with E-state index in [1.54, 1.807) is 16.8 Å². The van der Waals surface area contributed by atoms with Crippen LogP contribution in [0.4, 0.5) is 11.5 Å². The van der Waals surface area contributed by atoms with Gasteiger partial charge in [0, 0.05) is 24.7 Å². The molecule has 7 heteroatoms. The van der Waals surface area contributed by atoms with E-state index >= 15 is 0 Å². The third-order valence-electron chi connectivity index (χ3n) is 5.30. The smallest absolute Gasteiger partial charge is 0.337 e. The number of nitrogens with zero attached hydrogens (tertiary/aromatic N) is 2. The molecule has 32 heavy (non-hydrogen) atoms. The van der Waals surface area contributed by atoms with Gasteiger partial charge in [0.05, 0.1) is 22.6 Å². The summed E-state index contributed by atoms with van der Waals surface area (Å²) < 4.78 is 1.76. The highest BCUT2D eigenvalue weighted by molar-refractivity contribution is 5.95. The van der Waals surface area contributed by atoms with Crippen LogP contribution < -0.4 is 16.8 Å². The number of nitrogens with two attached hydrogens (primary N) is 2. The summed E-state index contributed by atoms with van der Waals surface area (Å²) in [6, 6.07) is 22.8. The highest BCUT2D eigenvalue weighted by Gasteiger charge is 2.17. The lowest BCUT2D eigenvalue weighted by molar-refractivity contribution is 0.0698. The molecule has 7 nitrogen and oxygen atoms in total. The zero-order chi connectivity index (χ0) is 22.7. The highest BCUT2D eigenvalue weighted by Crippen LogP contribution is 2.30. The summed E-state index contributed by atoms with van der Waals surface area (Å²) in [4.78, 5) is 11.8. The van der Waals surface area contributed by atoms with Crippen molar-refractivity contribution in [1.29, 1.82) is 0 Å². The molecular weight excluding hydrogens is 402 g/mol. The van der Waals surface area contributed by atoms with Crippen molar-refractivity contribution in [1.82, 2.24) is 9.78 Å². The number of rotatable bonds is 7. The molecule has 6 N–H and O–H groups in total. The number of carboxylic acids is 1. The van der Waals surface area contributed by atoms with Gasteiger partial charge in [-0.2, -0.15) is 5.10 Å². The fourth-order valence-electron chi connectivity index (χ4n) is 3.58. The van der Waals surface area contributed by atoms with Crippen LogP contribution in [0.15, 0.2) is 72.8 Å². The van der Waals surface area contributed by atoms with E-state index in [2.05, 4.69) is 5.32 Å². The molecule has 4 aromatic rings. The summed E-state index contributed by atoms with van der Waals surface area (Å²) in [5.74, 6) is -0.364. The van der Waals surface area contributed by atoms with Gasteiger partial charge in [-0.15, -0.1) is 0 Å². The van der Waals surface area contributed by atoms with E-state index in [0.717, 1.165) is 33.6 Å². The first-order valence-electron chi connectivity index (χ1n) is 10.3. The van der Waals surface area contributed by atoms with E-state index in [4.69, 9.17) is 16.6 Å². The second-order valence-corrected chi connectivity index (χ2v) is 7.54. The first-order valence-corrected chi connectivity index (χ1v) is 10.3. The molecule has 1 aromatic heterocycles. The van der Waals surface area contributed by atoms with Crippen LogP contribution in [0.5, 0.6) is 0 Å². The van der Waals surface area contributed by atoms with Crippen LogP contribution in [0.2, 0.25) is 0 Å². The first kappa shape index (κ1) is 21.3. The molecule has 0 amide bonds. The Hall–Kier alpha value is -3.94. The Balaban J connectivity index is 1.85. The number of carboxylic acid groups (broad SMARTS) is 1. The Morgan fingerprint density at radius 3 is 2.44 bits per heavy atom. The molecule has 0 aliphatic carbocycles. The molecule has 0 atom stereocenters. The van der Waals surface area contributed by atoms with Gasteiger partial charge in [0.15, 0.2) is 0 Å². The lowest BCUT2D eigenvalue weighted by Gasteiger charge is -2.14. The van der Waals surface area contributed by atoms with E-state index in [9.17, 15) is 9.90 Å². The van der Waals surface area contributed by atoms with Crippen molar-refractivity contribution < 1.29 is 9.90 Å². The van der Waals surface area contributed by atoms with E-state index < -0.39 is 5.97 Å². The van der Waals surface area contributed by atoms with Crippen molar-refractivity contribution in [3.8, 4) is 16.9 Å². The van der Waals surface area contributed by atoms with Crippen molar-refractivity contribution in [3.63, 3.8) is 0 Å². The number of hydrogen-bond donors (Lipinski definition) is 4. The number of nitrogens with one attached hydrogen (secondary N) is 1. The molecule has 0 radical (unpaired) electrons. The molecule has 0 saturated heterocycles. The van der Waals surface area contributed by atoms with Crippen LogP contribution in [0.1, 0.15) is 27.0 Å². The van der Waals surface area contributed by atoms with Gasteiger partial charge < -0.3 is 21.9 Å². The van der Waals surface area contributed by atoms with E-state index in [1.807, 2.05) is 67.6 Å². The summed E-state index contributed by atoms with van der Waals surface area (Å²) in [5.41, 5.74) is 17.7. The zero-order valence-electron chi connectivity index (χ0n) is 17.7. The zero-order valence-corrected chi connectivity index (χ0v) is 17.7. The number of anilines is 2. The molecule has 3 aromatic carbocycles. The predicted molar refractivity (Wildman–Crippen MR) is 126 cm³/mol. The number of hydrogen-bond acceptors (Lipinski definition) is 5. The third kappa shape index (κ3) is 4.25. The quantitative estimate of drug-likeness (QED) is 0.351. The maximum atomic E-state index is 11.8.